The highest BCUT2D eigenvalue weighted by Gasteiger charge is 2.60. The SMILES string of the molecule is CC[C@](O)(CC[C@@H](C)[C@H]1CC[C@H]2[C@@H]3CC[C@H]4C[C@@H](O)CC[C@]4(C)[C@H]3CC[C@]12C)C(C)C. The van der Waals surface area contributed by atoms with Gasteiger partial charge in [0, 0.05) is 0 Å². The fraction of sp³-hybridized carbons (Fsp3) is 1.00. The van der Waals surface area contributed by atoms with Crippen molar-refractivity contribution in [2.24, 2.45) is 52.3 Å². The number of fused-ring (bicyclic) bond motifs is 5. The first-order valence-electron chi connectivity index (χ1n) is 14.0. The normalized spacial score (nSPS) is 47.9. The minimum atomic E-state index is -0.483. The summed E-state index contributed by atoms with van der Waals surface area (Å²) < 4.78 is 0. The van der Waals surface area contributed by atoms with Crippen LogP contribution in [0.1, 0.15) is 119 Å². The van der Waals surface area contributed by atoms with Gasteiger partial charge in [0.25, 0.3) is 0 Å². The van der Waals surface area contributed by atoms with Gasteiger partial charge in [-0.05, 0) is 129 Å². The third-order valence-corrected chi connectivity index (χ3v) is 12.1. The molecule has 0 aromatic carbocycles. The summed E-state index contributed by atoms with van der Waals surface area (Å²) in [6.45, 7) is 14.3. The van der Waals surface area contributed by atoms with Gasteiger partial charge in [-0.15, -0.1) is 0 Å². The molecule has 4 rings (SSSR count). The van der Waals surface area contributed by atoms with E-state index in [4.69, 9.17) is 0 Å². The molecule has 0 aromatic heterocycles. The van der Waals surface area contributed by atoms with E-state index in [0.717, 1.165) is 61.2 Å². The first-order chi connectivity index (χ1) is 14.5. The molecule has 0 aromatic rings. The Morgan fingerprint density at radius 1 is 0.903 bits per heavy atom. The lowest BCUT2D eigenvalue weighted by atomic mass is 9.44. The Kier molecular flexibility index (Phi) is 6.68. The van der Waals surface area contributed by atoms with Crippen LogP contribution < -0.4 is 0 Å². The highest BCUT2D eigenvalue weighted by Crippen LogP contribution is 2.68. The third-order valence-electron chi connectivity index (χ3n) is 12.1. The summed E-state index contributed by atoms with van der Waals surface area (Å²) in [5.41, 5.74) is 0.519. The highest BCUT2D eigenvalue weighted by molar-refractivity contribution is 5.09. The van der Waals surface area contributed by atoms with Crippen LogP contribution in [0.4, 0.5) is 0 Å². The molecule has 2 nitrogen and oxygen atoms in total. The number of aliphatic hydroxyl groups is 2. The van der Waals surface area contributed by atoms with Gasteiger partial charge in [-0.2, -0.15) is 0 Å². The van der Waals surface area contributed by atoms with Crippen LogP contribution in [0.15, 0.2) is 0 Å². The highest BCUT2D eigenvalue weighted by atomic mass is 16.3. The number of hydrogen-bond donors (Lipinski definition) is 2. The van der Waals surface area contributed by atoms with E-state index in [-0.39, 0.29) is 6.10 Å². The van der Waals surface area contributed by atoms with Gasteiger partial charge in [0.2, 0.25) is 0 Å². The molecule has 0 unspecified atom stereocenters. The summed E-state index contributed by atoms with van der Waals surface area (Å²) in [7, 11) is 0. The molecule has 180 valence electrons. The zero-order valence-corrected chi connectivity index (χ0v) is 21.5. The van der Waals surface area contributed by atoms with Gasteiger partial charge in [0.1, 0.15) is 0 Å². The summed E-state index contributed by atoms with van der Waals surface area (Å²) in [4.78, 5) is 0. The fourth-order valence-corrected chi connectivity index (χ4v) is 9.76. The van der Waals surface area contributed by atoms with Gasteiger partial charge in [0.15, 0.2) is 0 Å². The van der Waals surface area contributed by atoms with Crippen LogP contribution in [0.5, 0.6) is 0 Å². The summed E-state index contributed by atoms with van der Waals surface area (Å²) in [5, 5.41) is 21.4. The van der Waals surface area contributed by atoms with E-state index in [0.29, 0.717) is 16.7 Å². The molecular formula is C29H52O2. The van der Waals surface area contributed by atoms with Crippen molar-refractivity contribution < 1.29 is 10.2 Å². The Morgan fingerprint density at radius 2 is 1.58 bits per heavy atom. The van der Waals surface area contributed by atoms with Crippen molar-refractivity contribution in [2.75, 3.05) is 0 Å². The monoisotopic (exact) mass is 432 g/mol. The lowest BCUT2D eigenvalue weighted by Gasteiger charge is -2.61. The summed E-state index contributed by atoms with van der Waals surface area (Å²) >= 11 is 0. The molecule has 0 bridgehead atoms. The first-order valence-corrected chi connectivity index (χ1v) is 14.0. The molecule has 0 heterocycles. The van der Waals surface area contributed by atoms with Crippen molar-refractivity contribution in [3.63, 3.8) is 0 Å². The zero-order valence-electron chi connectivity index (χ0n) is 21.5. The second-order valence-electron chi connectivity index (χ2n) is 13.4. The topological polar surface area (TPSA) is 40.5 Å². The van der Waals surface area contributed by atoms with Crippen LogP contribution >= 0.6 is 0 Å². The minimum absolute atomic E-state index is 0.0344. The smallest absolute Gasteiger partial charge is 0.0668 e. The van der Waals surface area contributed by atoms with Gasteiger partial charge in [-0.3, -0.25) is 0 Å². The van der Waals surface area contributed by atoms with Gasteiger partial charge in [-0.1, -0.05) is 41.5 Å². The Morgan fingerprint density at radius 3 is 2.26 bits per heavy atom. The zero-order chi connectivity index (χ0) is 22.6. The molecule has 4 aliphatic rings. The molecule has 2 N–H and O–H groups in total. The van der Waals surface area contributed by atoms with E-state index in [1.54, 1.807) is 0 Å². The second kappa shape index (κ2) is 8.61. The summed E-state index contributed by atoms with van der Waals surface area (Å²) in [5.74, 6) is 5.41. The molecule has 4 saturated carbocycles. The Balaban J connectivity index is 1.46. The predicted molar refractivity (Wildman–Crippen MR) is 130 cm³/mol. The lowest BCUT2D eigenvalue weighted by Crippen LogP contribution is -2.54. The number of hydrogen-bond acceptors (Lipinski definition) is 2. The summed E-state index contributed by atoms with van der Waals surface area (Å²) in [6, 6.07) is 0. The van der Waals surface area contributed by atoms with Crippen molar-refractivity contribution in [3.05, 3.63) is 0 Å². The summed E-state index contributed by atoms with van der Waals surface area (Å²) in [6.07, 6.45) is 14.8. The van der Waals surface area contributed by atoms with Gasteiger partial charge in [0.05, 0.1) is 11.7 Å². The maximum Gasteiger partial charge on any atom is 0.0668 e. The average molecular weight is 433 g/mol. The molecule has 31 heavy (non-hydrogen) atoms. The predicted octanol–water partition coefficient (Wildman–Crippen LogP) is 7.22. The number of aliphatic hydroxyl groups excluding tert-OH is 1. The molecule has 0 aliphatic heterocycles. The van der Waals surface area contributed by atoms with Crippen LogP contribution in [-0.4, -0.2) is 21.9 Å². The number of rotatable bonds is 6. The van der Waals surface area contributed by atoms with Crippen molar-refractivity contribution >= 4 is 0 Å². The Bertz CT molecular complexity index is 630. The van der Waals surface area contributed by atoms with Crippen LogP contribution in [-0.2, 0) is 0 Å². The average Bonchev–Trinajstić information content (AvgIpc) is 3.09. The van der Waals surface area contributed by atoms with E-state index in [2.05, 4.69) is 41.5 Å². The molecule has 10 atom stereocenters. The maximum atomic E-state index is 11.1. The van der Waals surface area contributed by atoms with Gasteiger partial charge in [-0.25, -0.2) is 0 Å². The standard InChI is InChI=1S/C29H52O2/c1-7-29(31,19(2)3)17-12-20(4)24-10-11-25-23-9-8-21-18-22(30)13-15-27(21,5)26(23)14-16-28(24,25)6/h19-26,30-31H,7-18H2,1-6H3/t20-,21+,22+,23+,24-,25+,26+,27+,28-,29+/m1/s1. The molecular weight excluding hydrogens is 380 g/mol. The molecule has 4 fully saturated rings. The first kappa shape index (κ1) is 24.1. The molecule has 2 heteroatoms. The van der Waals surface area contributed by atoms with Crippen molar-refractivity contribution in [1.29, 1.82) is 0 Å². The van der Waals surface area contributed by atoms with Crippen LogP contribution in [0.2, 0.25) is 0 Å². The largest absolute Gasteiger partial charge is 0.393 e. The van der Waals surface area contributed by atoms with E-state index < -0.39 is 5.60 Å². The van der Waals surface area contributed by atoms with Crippen LogP contribution in [0.3, 0.4) is 0 Å². The van der Waals surface area contributed by atoms with Crippen molar-refractivity contribution in [1.82, 2.24) is 0 Å². The van der Waals surface area contributed by atoms with E-state index in [1.807, 2.05) is 0 Å². The van der Waals surface area contributed by atoms with Crippen LogP contribution in [0, 0.1) is 52.3 Å². The molecule has 0 saturated heterocycles. The van der Waals surface area contributed by atoms with E-state index >= 15 is 0 Å². The molecule has 0 amide bonds. The van der Waals surface area contributed by atoms with Crippen molar-refractivity contribution in [2.45, 2.75) is 130 Å². The van der Waals surface area contributed by atoms with Crippen LogP contribution in [0.25, 0.3) is 0 Å². The third kappa shape index (κ3) is 3.94. The minimum Gasteiger partial charge on any atom is -0.393 e. The Hall–Kier alpha value is -0.0800. The fourth-order valence-electron chi connectivity index (χ4n) is 9.76. The second-order valence-corrected chi connectivity index (χ2v) is 13.4. The van der Waals surface area contributed by atoms with E-state index in [1.165, 1.54) is 51.4 Å². The molecule has 4 aliphatic carbocycles. The van der Waals surface area contributed by atoms with Crippen molar-refractivity contribution in [3.8, 4) is 0 Å². The maximum absolute atomic E-state index is 11.1. The molecule has 0 radical (unpaired) electrons. The van der Waals surface area contributed by atoms with E-state index in [9.17, 15) is 10.2 Å². The lowest BCUT2D eigenvalue weighted by molar-refractivity contribution is -0.129. The van der Waals surface area contributed by atoms with Gasteiger partial charge >= 0.3 is 0 Å². The Labute approximate surface area is 193 Å². The molecule has 0 spiro atoms. The van der Waals surface area contributed by atoms with Gasteiger partial charge < -0.3 is 10.2 Å². The quantitative estimate of drug-likeness (QED) is 0.465.